The summed E-state index contributed by atoms with van der Waals surface area (Å²) < 4.78 is 45.0. The lowest BCUT2D eigenvalue weighted by atomic mass is 9.90. The van der Waals surface area contributed by atoms with Gasteiger partial charge in [0.1, 0.15) is 0 Å². The highest BCUT2D eigenvalue weighted by molar-refractivity contribution is 5.66. The fourth-order valence-corrected chi connectivity index (χ4v) is 4.34. The van der Waals surface area contributed by atoms with Gasteiger partial charge in [0.25, 0.3) is 0 Å². The van der Waals surface area contributed by atoms with Gasteiger partial charge in [0, 0.05) is 35.8 Å². The first-order valence-electron chi connectivity index (χ1n) is 10.7. The van der Waals surface area contributed by atoms with E-state index < -0.39 is 11.7 Å². The molecule has 8 heteroatoms. The van der Waals surface area contributed by atoms with Crippen molar-refractivity contribution in [1.82, 2.24) is 15.1 Å². The largest absolute Gasteiger partial charge is 0.504 e. The highest BCUT2D eigenvalue weighted by Crippen LogP contribution is 2.37. The van der Waals surface area contributed by atoms with Gasteiger partial charge in [-0.3, -0.25) is 10.00 Å². The number of phenolic OH excluding ortho intramolecular Hbond substituents is 1. The highest BCUT2D eigenvalue weighted by Gasteiger charge is 2.31. The van der Waals surface area contributed by atoms with Crippen LogP contribution in [-0.2, 0) is 12.7 Å². The monoisotopic (exact) mass is 445 g/mol. The molecular weight excluding hydrogens is 419 g/mol. The lowest BCUT2D eigenvalue weighted by Gasteiger charge is -2.33. The molecule has 0 aliphatic carbocycles. The van der Waals surface area contributed by atoms with E-state index in [0.29, 0.717) is 36.6 Å². The first kappa shape index (κ1) is 22.2. The molecule has 2 heterocycles. The first-order valence-corrected chi connectivity index (χ1v) is 10.7. The van der Waals surface area contributed by atoms with Crippen molar-refractivity contribution in [2.24, 2.45) is 0 Å². The summed E-state index contributed by atoms with van der Waals surface area (Å²) in [5.74, 6) is 0.731. The van der Waals surface area contributed by atoms with Gasteiger partial charge >= 0.3 is 6.18 Å². The van der Waals surface area contributed by atoms with Crippen LogP contribution in [0.3, 0.4) is 0 Å². The van der Waals surface area contributed by atoms with Crippen molar-refractivity contribution in [3.63, 3.8) is 0 Å². The molecule has 5 nitrogen and oxygen atoms in total. The summed E-state index contributed by atoms with van der Waals surface area (Å²) >= 11 is 0. The van der Waals surface area contributed by atoms with Crippen molar-refractivity contribution in [3.05, 3.63) is 65.5 Å². The Morgan fingerprint density at radius 1 is 1.22 bits per heavy atom. The molecule has 1 fully saturated rings. The number of benzene rings is 2. The van der Waals surface area contributed by atoms with Crippen LogP contribution in [0.2, 0.25) is 0 Å². The molecule has 1 unspecified atom stereocenters. The van der Waals surface area contributed by atoms with E-state index in [0.717, 1.165) is 36.7 Å². The van der Waals surface area contributed by atoms with Crippen LogP contribution < -0.4 is 4.74 Å². The van der Waals surface area contributed by atoms with Crippen molar-refractivity contribution in [1.29, 1.82) is 0 Å². The third-order valence-electron chi connectivity index (χ3n) is 5.86. The summed E-state index contributed by atoms with van der Waals surface area (Å²) in [4.78, 5) is 2.25. The number of phenols is 1. The zero-order valence-corrected chi connectivity index (χ0v) is 17.8. The minimum absolute atomic E-state index is 0.105. The van der Waals surface area contributed by atoms with E-state index in [9.17, 15) is 18.3 Å². The minimum Gasteiger partial charge on any atom is -0.504 e. The summed E-state index contributed by atoms with van der Waals surface area (Å²) in [5.41, 5.74) is 2.17. The molecule has 1 aliphatic rings. The number of nitrogens with one attached hydrogen (secondary N) is 1. The third-order valence-corrected chi connectivity index (χ3v) is 5.86. The van der Waals surface area contributed by atoms with Gasteiger partial charge in [0.2, 0.25) is 0 Å². The number of halogens is 3. The molecule has 0 radical (unpaired) electrons. The van der Waals surface area contributed by atoms with Gasteiger partial charge in [-0.05, 0) is 50.1 Å². The quantitative estimate of drug-likeness (QED) is 0.520. The Morgan fingerprint density at radius 2 is 2.03 bits per heavy atom. The van der Waals surface area contributed by atoms with E-state index in [-0.39, 0.29) is 11.7 Å². The Balaban J connectivity index is 1.54. The number of rotatable bonds is 6. The molecule has 0 saturated carbocycles. The van der Waals surface area contributed by atoms with Crippen LogP contribution in [0.25, 0.3) is 11.1 Å². The number of aromatic amines is 1. The van der Waals surface area contributed by atoms with Crippen molar-refractivity contribution < 1.29 is 23.0 Å². The van der Waals surface area contributed by atoms with Gasteiger partial charge in [-0.2, -0.15) is 18.3 Å². The van der Waals surface area contributed by atoms with Crippen LogP contribution in [0, 0.1) is 0 Å². The van der Waals surface area contributed by atoms with Gasteiger partial charge in [0.05, 0.1) is 18.4 Å². The molecule has 32 heavy (non-hydrogen) atoms. The number of ether oxygens (including phenoxy) is 1. The number of hydrogen-bond donors (Lipinski definition) is 2. The van der Waals surface area contributed by atoms with E-state index in [1.54, 1.807) is 18.3 Å². The van der Waals surface area contributed by atoms with E-state index in [1.807, 2.05) is 19.1 Å². The van der Waals surface area contributed by atoms with E-state index >= 15 is 0 Å². The van der Waals surface area contributed by atoms with E-state index in [1.165, 1.54) is 12.1 Å². The van der Waals surface area contributed by atoms with Crippen LogP contribution in [0.4, 0.5) is 13.2 Å². The number of piperidine rings is 1. The lowest BCUT2D eigenvalue weighted by Crippen LogP contribution is -2.34. The average Bonchev–Trinajstić information content (AvgIpc) is 3.26. The molecule has 2 aromatic carbocycles. The first-order chi connectivity index (χ1) is 15.4. The Labute approximate surface area is 184 Å². The van der Waals surface area contributed by atoms with E-state index in [4.69, 9.17) is 4.74 Å². The topological polar surface area (TPSA) is 61.4 Å². The number of nitrogens with zero attached hydrogens (tertiary/aromatic N) is 2. The van der Waals surface area contributed by atoms with Crippen molar-refractivity contribution >= 4 is 0 Å². The average molecular weight is 445 g/mol. The molecule has 1 aliphatic heterocycles. The Morgan fingerprint density at radius 3 is 2.81 bits per heavy atom. The molecule has 4 rings (SSSR count). The molecule has 3 aromatic rings. The number of likely N-dealkylation sites (tertiary alicyclic amines) is 1. The zero-order valence-electron chi connectivity index (χ0n) is 17.8. The summed E-state index contributed by atoms with van der Waals surface area (Å²) in [6.45, 7) is 4.50. The van der Waals surface area contributed by atoms with Crippen molar-refractivity contribution in [2.75, 3.05) is 19.7 Å². The minimum atomic E-state index is -4.39. The smallest absolute Gasteiger partial charge is 0.416 e. The van der Waals surface area contributed by atoms with Gasteiger partial charge in [0.15, 0.2) is 11.5 Å². The Bertz CT molecular complexity index is 1060. The predicted molar refractivity (Wildman–Crippen MR) is 116 cm³/mol. The number of para-hydroxylation sites is 1. The third kappa shape index (κ3) is 4.75. The number of alkyl halides is 3. The van der Waals surface area contributed by atoms with Crippen LogP contribution in [-0.4, -0.2) is 39.9 Å². The molecule has 2 N–H and O–H groups in total. The summed E-state index contributed by atoms with van der Waals surface area (Å²) in [7, 11) is 0. The van der Waals surface area contributed by atoms with E-state index in [2.05, 4.69) is 15.1 Å². The molecule has 170 valence electrons. The van der Waals surface area contributed by atoms with Crippen molar-refractivity contribution in [3.8, 4) is 22.6 Å². The molecule has 0 amide bonds. The van der Waals surface area contributed by atoms with Gasteiger partial charge < -0.3 is 9.84 Å². The number of aromatic hydroxyl groups is 1. The lowest BCUT2D eigenvalue weighted by molar-refractivity contribution is -0.137. The fourth-order valence-electron chi connectivity index (χ4n) is 4.34. The number of hydrogen-bond acceptors (Lipinski definition) is 4. The maximum Gasteiger partial charge on any atom is 0.416 e. The molecule has 0 bridgehead atoms. The molecular formula is C24H26F3N3O2. The second-order valence-corrected chi connectivity index (χ2v) is 8.05. The normalized spacial score (nSPS) is 17.4. The molecule has 1 aromatic heterocycles. The van der Waals surface area contributed by atoms with Gasteiger partial charge in [-0.15, -0.1) is 0 Å². The maximum absolute atomic E-state index is 13.2. The summed E-state index contributed by atoms with van der Waals surface area (Å²) in [6.07, 6.45) is -0.937. The van der Waals surface area contributed by atoms with Gasteiger partial charge in [-0.1, -0.05) is 24.3 Å². The number of H-pyrrole nitrogens is 1. The Hall–Kier alpha value is -3.00. The molecule has 0 spiro atoms. The molecule has 1 saturated heterocycles. The standard InChI is InChI=1S/C24H26F3N3O2/c1-2-32-21-10-4-7-18(23(21)31)15-30-11-5-8-17(14-30)22-20(13-28-29-22)16-6-3-9-19(12-16)24(25,26)27/h3-4,6-7,9-10,12-13,17,31H,2,5,8,11,14-15H2,1H3,(H,28,29). The number of aromatic nitrogens is 2. The van der Waals surface area contributed by atoms with Crippen LogP contribution in [0.15, 0.2) is 48.7 Å². The maximum atomic E-state index is 13.2. The SMILES string of the molecule is CCOc1cccc(CN2CCCC(c3[nH]ncc3-c3cccc(C(F)(F)F)c3)C2)c1O. The zero-order chi connectivity index (χ0) is 22.7. The fraction of sp³-hybridized carbons (Fsp3) is 0.375. The van der Waals surface area contributed by atoms with Crippen LogP contribution in [0.1, 0.15) is 42.5 Å². The second-order valence-electron chi connectivity index (χ2n) is 8.05. The van der Waals surface area contributed by atoms with Crippen LogP contribution >= 0.6 is 0 Å². The van der Waals surface area contributed by atoms with Crippen molar-refractivity contribution in [2.45, 2.75) is 38.4 Å². The van der Waals surface area contributed by atoms with Crippen LogP contribution in [0.5, 0.6) is 11.5 Å². The summed E-state index contributed by atoms with van der Waals surface area (Å²) in [6, 6.07) is 10.8. The highest BCUT2D eigenvalue weighted by atomic mass is 19.4. The second kappa shape index (κ2) is 9.24. The predicted octanol–water partition coefficient (Wildman–Crippen LogP) is 5.58. The molecule has 1 atom stereocenters. The van der Waals surface area contributed by atoms with Gasteiger partial charge in [-0.25, -0.2) is 0 Å². The Kier molecular flexibility index (Phi) is 6.41. The summed E-state index contributed by atoms with van der Waals surface area (Å²) in [5, 5.41) is 17.7.